The Morgan fingerprint density at radius 2 is 1.93 bits per heavy atom. The number of nitrogens with zero attached hydrogens (tertiary/aromatic N) is 1. The highest BCUT2D eigenvalue weighted by Crippen LogP contribution is 2.36. The van der Waals surface area contributed by atoms with Gasteiger partial charge in [-0.1, -0.05) is 11.6 Å². The van der Waals surface area contributed by atoms with E-state index in [1.807, 2.05) is 0 Å². The SMILES string of the molecule is N#Cc1cc(Cl)c(C(F)(F)F)cc1N. The highest BCUT2D eigenvalue weighted by Gasteiger charge is 2.33. The summed E-state index contributed by atoms with van der Waals surface area (Å²) in [6.45, 7) is 0. The molecule has 6 heteroatoms. The zero-order valence-electron chi connectivity index (χ0n) is 6.69. The van der Waals surface area contributed by atoms with Crippen molar-refractivity contribution in [3.05, 3.63) is 28.3 Å². The Bertz CT molecular complexity index is 406. The van der Waals surface area contributed by atoms with Crippen LogP contribution < -0.4 is 5.73 Å². The van der Waals surface area contributed by atoms with Crippen molar-refractivity contribution in [3.8, 4) is 6.07 Å². The summed E-state index contributed by atoms with van der Waals surface area (Å²) in [4.78, 5) is 0. The minimum absolute atomic E-state index is 0.0667. The zero-order chi connectivity index (χ0) is 10.9. The van der Waals surface area contributed by atoms with Gasteiger partial charge in [-0.2, -0.15) is 18.4 Å². The van der Waals surface area contributed by atoms with Gasteiger partial charge in [-0.05, 0) is 12.1 Å². The first-order chi connectivity index (χ1) is 6.36. The highest BCUT2D eigenvalue weighted by molar-refractivity contribution is 6.31. The van der Waals surface area contributed by atoms with Crippen molar-refractivity contribution in [3.63, 3.8) is 0 Å². The maximum Gasteiger partial charge on any atom is 0.417 e. The first-order valence-electron chi connectivity index (χ1n) is 3.42. The third-order valence-electron chi connectivity index (χ3n) is 1.57. The average molecular weight is 221 g/mol. The molecule has 0 atom stereocenters. The predicted octanol–water partition coefficient (Wildman–Crippen LogP) is 2.81. The Morgan fingerprint density at radius 3 is 2.36 bits per heavy atom. The largest absolute Gasteiger partial charge is 0.417 e. The summed E-state index contributed by atoms with van der Waals surface area (Å²) in [6, 6.07) is 3.19. The van der Waals surface area contributed by atoms with Gasteiger partial charge in [-0.15, -0.1) is 0 Å². The average Bonchev–Trinajstić information content (AvgIpc) is 2.06. The molecule has 0 aliphatic carbocycles. The van der Waals surface area contributed by atoms with E-state index >= 15 is 0 Å². The van der Waals surface area contributed by atoms with Gasteiger partial charge in [-0.3, -0.25) is 0 Å². The van der Waals surface area contributed by atoms with E-state index in [-0.39, 0.29) is 11.3 Å². The monoisotopic (exact) mass is 220 g/mol. The normalized spacial score (nSPS) is 11.1. The molecule has 0 aliphatic rings. The summed E-state index contributed by atoms with van der Waals surface area (Å²) in [7, 11) is 0. The summed E-state index contributed by atoms with van der Waals surface area (Å²) >= 11 is 5.34. The fraction of sp³-hybridized carbons (Fsp3) is 0.125. The molecule has 0 fully saturated rings. The molecule has 0 spiro atoms. The van der Waals surface area contributed by atoms with E-state index in [2.05, 4.69) is 0 Å². The van der Waals surface area contributed by atoms with Crippen LogP contribution in [0.2, 0.25) is 5.02 Å². The van der Waals surface area contributed by atoms with E-state index in [1.54, 1.807) is 6.07 Å². The van der Waals surface area contributed by atoms with Crippen molar-refractivity contribution in [2.75, 3.05) is 5.73 Å². The van der Waals surface area contributed by atoms with Crippen molar-refractivity contribution >= 4 is 17.3 Å². The number of hydrogen-bond donors (Lipinski definition) is 1. The minimum atomic E-state index is -4.56. The molecule has 0 bridgehead atoms. The zero-order valence-corrected chi connectivity index (χ0v) is 7.45. The molecule has 1 rings (SSSR count). The number of hydrogen-bond acceptors (Lipinski definition) is 2. The Morgan fingerprint density at radius 1 is 1.36 bits per heavy atom. The maximum atomic E-state index is 12.2. The molecular weight excluding hydrogens is 217 g/mol. The number of benzene rings is 1. The fourth-order valence-electron chi connectivity index (χ4n) is 0.904. The van der Waals surface area contributed by atoms with Gasteiger partial charge in [0, 0.05) is 0 Å². The molecule has 0 saturated carbocycles. The van der Waals surface area contributed by atoms with Crippen LogP contribution in [0.15, 0.2) is 12.1 Å². The molecule has 2 nitrogen and oxygen atoms in total. The topological polar surface area (TPSA) is 49.8 Å². The molecule has 14 heavy (non-hydrogen) atoms. The van der Waals surface area contributed by atoms with Crippen LogP contribution in [0.5, 0.6) is 0 Å². The van der Waals surface area contributed by atoms with Crippen LogP contribution in [-0.2, 0) is 6.18 Å². The lowest BCUT2D eigenvalue weighted by Gasteiger charge is -2.10. The van der Waals surface area contributed by atoms with E-state index in [9.17, 15) is 13.2 Å². The van der Waals surface area contributed by atoms with E-state index < -0.39 is 16.8 Å². The first kappa shape index (κ1) is 10.7. The van der Waals surface area contributed by atoms with Crippen LogP contribution in [0.1, 0.15) is 11.1 Å². The van der Waals surface area contributed by atoms with Gasteiger partial charge in [0.1, 0.15) is 6.07 Å². The summed E-state index contributed by atoms with van der Waals surface area (Å²) in [5.74, 6) is 0. The quantitative estimate of drug-likeness (QED) is 0.684. The molecule has 0 saturated heterocycles. The third kappa shape index (κ3) is 1.91. The van der Waals surface area contributed by atoms with Crippen LogP contribution in [0.25, 0.3) is 0 Å². The molecule has 1 aromatic carbocycles. The smallest absolute Gasteiger partial charge is 0.398 e. The summed E-state index contributed by atoms with van der Waals surface area (Å²) in [5.41, 5.74) is 3.89. The van der Waals surface area contributed by atoms with Crippen LogP contribution in [0.4, 0.5) is 18.9 Å². The number of nitrogen functional groups attached to an aromatic ring is 1. The minimum Gasteiger partial charge on any atom is -0.398 e. The molecule has 2 N–H and O–H groups in total. The molecule has 0 unspecified atom stereocenters. The van der Waals surface area contributed by atoms with E-state index in [4.69, 9.17) is 22.6 Å². The molecule has 1 aromatic rings. The highest BCUT2D eigenvalue weighted by atomic mass is 35.5. The standard InChI is InChI=1S/C8H4ClF3N2/c9-6-1-4(3-13)7(14)2-5(6)8(10,11)12/h1-2H,14H2. The van der Waals surface area contributed by atoms with Crippen LogP contribution in [0.3, 0.4) is 0 Å². The molecule has 0 radical (unpaired) electrons. The maximum absolute atomic E-state index is 12.2. The lowest BCUT2D eigenvalue weighted by Crippen LogP contribution is -2.07. The lowest BCUT2D eigenvalue weighted by molar-refractivity contribution is -0.137. The van der Waals surface area contributed by atoms with E-state index in [0.717, 1.165) is 6.07 Å². The number of alkyl halides is 3. The van der Waals surface area contributed by atoms with E-state index in [1.165, 1.54) is 0 Å². The summed E-state index contributed by atoms with van der Waals surface area (Å²) in [5, 5.41) is 7.94. The fourth-order valence-corrected chi connectivity index (χ4v) is 1.17. The Labute approximate surface area is 82.7 Å². The van der Waals surface area contributed by atoms with Gasteiger partial charge in [0.05, 0.1) is 21.8 Å². The Balaban J connectivity index is 3.38. The van der Waals surface area contributed by atoms with E-state index in [0.29, 0.717) is 6.07 Å². The molecule has 0 heterocycles. The number of anilines is 1. The Hall–Kier alpha value is -1.41. The summed E-state index contributed by atoms with van der Waals surface area (Å²) in [6.07, 6.45) is -4.56. The van der Waals surface area contributed by atoms with Gasteiger partial charge < -0.3 is 5.73 Å². The Kier molecular flexibility index (Phi) is 2.58. The number of nitrogens with two attached hydrogens (primary N) is 1. The second-order valence-electron chi connectivity index (χ2n) is 2.53. The van der Waals surface area contributed by atoms with Crippen LogP contribution in [0, 0.1) is 11.3 Å². The van der Waals surface area contributed by atoms with Gasteiger partial charge in [-0.25, -0.2) is 0 Å². The molecule has 0 aliphatic heterocycles. The van der Waals surface area contributed by atoms with Crippen molar-refractivity contribution < 1.29 is 13.2 Å². The van der Waals surface area contributed by atoms with Crippen molar-refractivity contribution in [2.45, 2.75) is 6.18 Å². The van der Waals surface area contributed by atoms with Gasteiger partial charge in [0.15, 0.2) is 0 Å². The third-order valence-corrected chi connectivity index (χ3v) is 1.88. The number of halogens is 4. The van der Waals surface area contributed by atoms with Crippen LogP contribution >= 0.6 is 11.6 Å². The second-order valence-corrected chi connectivity index (χ2v) is 2.94. The number of nitriles is 1. The molecule has 0 amide bonds. The summed E-state index contributed by atoms with van der Waals surface area (Å²) < 4.78 is 36.7. The van der Waals surface area contributed by atoms with Gasteiger partial charge in [0.25, 0.3) is 0 Å². The second kappa shape index (κ2) is 3.39. The van der Waals surface area contributed by atoms with Crippen LogP contribution in [-0.4, -0.2) is 0 Å². The van der Waals surface area contributed by atoms with Gasteiger partial charge >= 0.3 is 6.18 Å². The van der Waals surface area contributed by atoms with Crippen molar-refractivity contribution in [1.29, 1.82) is 5.26 Å². The number of rotatable bonds is 0. The molecule has 0 aromatic heterocycles. The van der Waals surface area contributed by atoms with Crippen molar-refractivity contribution in [2.24, 2.45) is 0 Å². The lowest BCUT2D eigenvalue weighted by atomic mass is 10.1. The van der Waals surface area contributed by atoms with Crippen molar-refractivity contribution in [1.82, 2.24) is 0 Å². The first-order valence-corrected chi connectivity index (χ1v) is 3.80. The molecule has 74 valence electrons. The predicted molar refractivity (Wildman–Crippen MR) is 45.6 cm³/mol. The molecular formula is C8H4ClF3N2. The van der Waals surface area contributed by atoms with Gasteiger partial charge in [0.2, 0.25) is 0 Å².